The Morgan fingerprint density at radius 3 is 2.94 bits per heavy atom. The Bertz CT molecular complexity index is 252. The number of nitrogens with zero attached hydrogens (tertiary/aromatic N) is 1. The minimum absolute atomic E-state index is 0.0898. The van der Waals surface area contributed by atoms with Crippen molar-refractivity contribution < 1.29 is 9.90 Å². The summed E-state index contributed by atoms with van der Waals surface area (Å²) in [7, 11) is 0. The number of piperidine rings is 1. The van der Waals surface area contributed by atoms with Crippen LogP contribution in [0.1, 0.15) is 38.5 Å². The summed E-state index contributed by atoms with van der Waals surface area (Å²) in [6.07, 6.45) is 6.16. The van der Waals surface area contributed by atoms with E-state index >= 15 is 0 Å². The van der Waals surface area contributed by atoms with Gasteiger partial charge >= 0.3 is 0 Å². The van der Waals surface area contributed by atoms with Gasteiger partial charge in [-0.2, -0.15) is 0 Å². The molecule has 4 heteroatoms. The molecule has 2 unspecified atom stereocenters. The Labute approximate surface area is 103 Å². The van der Waals surface area contributed by atoms with Crippen LogP contribution in [0.5, 0.6) is 0 Å². The van der Waals surface area contributed by atoms with E-state index in [0.717, 1.165) is 38.9 Å². The predicted octanol–water partition coefficient (Wildman–Crippen LogP) is 0.749. The van der Waals surface area contributed by atoms with E-state index in [1.54, 1.807) is 0 Å². The zero-order valence-corrected chi connectivity index (χ0v) is 10.5. The Morgan fingerprint density at radius 1 is 1.35 bits per heavy atom. The van der Waals surface area contributed by atoms with Gasteiger partial charge in [0.05, 0.1) is 12.6 Å². The normalized spacial score (nSPS) is 29.6. The van der Waals surface area contributed by atoms with Crippen molar-refractivity contribution in [2.24, 2.45) is 5.92 Å². The van der Waals surface area contributed by atoms with Crippen LogP contribution in [-0.2, 0) is 4.79 Å². The molecule has 17 heavy (non-hydrogen) atoms. The summed E-state index contributed by atoms with van der Waals surface area (Å²) >= 11 is 0. The third-order valence-electron chi connectivity index (χ3n) is 4.07. The lowest BCUT2D eigenvalue weighted by Crippen LogP contribution is -2.38. The maximum absolute atomic E-state index is 12.1. The molecule has 0 bridgehead atoms. The van der Waals surface area contributed by atoms with Crippen molar-refractivity contribution in [3.63, 3.8) is 0 Å². The molecule has 2 heterocycles. The first kappa shape index (κ1) is 12.8. The molecule has 0 spiro atoms. The van der Waals surface area contributed by atoms with Gasteiger partial charge < -0.3 is 15.3 Å². The Hall–Kier alpha value is -0.610. The van der Waals surface area contributed by atoms with Crippen LogP contribution in [0.25, 0.3) is 0 Å². The number of rotatable bonds is 4. The molecule has 0 radical (unpaired) electrons. The molecule has 4 nitrogen and oxygen atoms in total. The van der Waals surface area contributed by atoms with Crippen molar-refractivity contribution in [2.75, 3.05) is 26.2 Å². The molecule has 2 aliphatic heterocycles. The lowest BCUT2D eigenvalue weighted by molar-refractivity contribution is -0.133. The molecule has 2 fully saturated rings. The number of carbonyl (C=O) groups is 1. The zero-order valence-electron chi connectivity index (χ0n) is 10.5. The second kappa shape index (κ2) is 6.36. The number of hydrogen-bond acceptors (Lipinski definition) is 3. The van der Waals surface area contributed by atoms with E-state index in [0.29, 0.717) is 12.3 Å². The quantitative estimate of drug-likeness (QED) is 0.762. The standard InChI is InChI=1S/C13H24N2O2/c16-10-12-4-2-8-15(12)13(17)6-5-11-3-1-7-14-9-11/h11-12,14,16H,1-10H2. The summed E-state index contributed by atoms with van der Waals surface area (Å²) in [6.45, 7) is 3.16. The largest absolute Gasteiger partial charge is 0.394 e. The molecule has 0 aliphatic carbocycles. The van der Waals surface area contributed by atoms with Crippen LogP contribution in [0.4, 0.5) is 0 Å². The second-order valence-electron chi connectivity index (χ2n) is 5.32. The van der Waals surface area contributed by atoms with Gasteiger partial charge in [0.2, 0.25) is 5.91 Å². The predicted molar refractivity (Wildman–Crippen MR) is 66.6 cm³/mol. The molecule has 98 valence electrons. The van der Waals surface area contributed by atoms with Crippen LogP contribution in [-0.4, -0.2) is 48.2 Å². The molecule has 2 atom stereocenters. The monoisotopic (exact) mass is 240 g/mol. The van der Waals surface area contributed by atoms with Crippen LogP contribution < -0.4 is 5.32 Å². The highest BCUT2D eigenvalue weighted by Gasteiger charge is 2.28. The van der Waals surface area contributed by atoms with Gasteiger partial charge in [0, 0.05) is 13.0 Å². The zero-order chi connectivity index (χ0) is 12.1. The third-order valence-corrected chi connectivity index (χ3v) is 4.07. The van der Waals surface area contributed by atoms with Crippen LogP contribution in [0, 0.1) is 5.92 Å². The van der Waals surface area contributed by atoms with Crippen LogP contribution in [0.3, 0.4) is 0 Å². The summed E-state index contributed by atoms with van der Waals surface area (Å²) in [5.41, 5.74) is 0. The van der Waals surface area contributed by atoms with E-state index in [1.807, 2.05) is 4.90 Å². The number of nitrogens with one attached hydrogen (secondary N) is 1. The van der Waals surface area contributed by atoms with Crippen LogP contribution in [0.15, 0.2) is 0 Å². The van der Waals surface area contributed by atoms with Crippen molar-refractivity contribution >= 4 is 5.91 Å². The highest BCUT2D eigenvalue weighted by atomic mass is 16.3. The summed E-state index contributed by atoms with van der Waals surface area (Å²) in [6, 6.07) is 0.0898. The van der Waals surface area contributed by atoms with Gasteiger partial charge in [0.15, 0.2) is 0 Å². The van der Waals surface area contributed by atoms with Gasteiger partial charge in [0.1, 0.15) is 0 Å². The number of amides is 1. The number of likely N-dealkylation sites (tertiary alicyclic amines) is 1. The van der Waals surface area contributed by atoms with Gasteiger partial charge in [-0.3, -0.25) is 4.79 Å². The van der Waals surface area contributed by atoms with Crippen molar-refractivity contribution in [2.45, 2.75) is 44.6 Å². The number of aliphatic hydroxyl groups is 1. The summed E-state index contributed by atoms with van der Waals surface area (Å²) in [5.74, 6) is 0.912. The molecule has 0 saturated carbocycles. The number of hydrogen-bond donors (Lipinski definition) is 2. The van der Waals surface area contributed by atoms with Crippen LogP contribution >= 0.6 is 0 Å². The fourth-order valence-corrected chi connectivity index (χ4v) is 3.00. The lowest BCUT2D eigenvalue weighted by atomic mass is 9.94. The minimum Gasteiger partial charge on any atom is -0.394 e. The molecule has 0 aromatic carbocycles. The molecule has 0 aromatic rings. The summed E-state index contributed by atoms with van der Waals surface area (Å²) in [4.78, 5) is 13.9. The topological polar surface area (TPSA) is 52.6 Å². The first-order valence-corrected chi connectivity index (χ1v) is 6.92. The molecule has 2 rings (SSSR count). The van der Waals surface area contributed by atoms with E-state index in [4.69, 9.17) is 0 Å². The number of carbonyl (C=O) groups excluding carboxylic acids is 1. The summed E-state index contributed by atoms with van der Waals surface area (Å²) < 4.78 is 0. The lowest BCUT2D eigenvalue weighted by Gasteiger charge is -2.26. The molecule has 0 aromatic heterocycles. The summed E-state index contributed by atoms with van der Waals surface area (Å²) in [5, 5.41) is 12.6. The molecule has 2 saturated heterocycles. The van der Waals surface area contributed by atoms with Crippen LogP contribution in [0.2, 0.25) is 0 Å². The smallest absolute Gasteiger partial charge is 0.222 e. The van der Waals surface area contributed by atoms with E-state index < -0.39 is 0 Å². The van der Waals surface area contributed by atoms with E-state index in [-0.39, 0.29) is 18.6 Å². The maximum atomic E-state index is 12.1. The fourth-order valence-electron chi connectivity index (χ4n) is 3.00. The van der Waals surface area contributed by atoms with Crippen molar-refractivity contribution in [1.29, 1.82) is 0 Å². The van der Waals surface area contributed by atoms with Gasteiger partial charge in [-0.15, -0.1) is 0 Å². The van der Waals surface area contributed by atoms with Gasteiger partial charge in [-0.05, 0) is 51.1 Å². The molecular weight excluding hydrogens is 216 g/mol. The van der Waals surface area contributed by atoms with E-state index in [1.165, 1.54) is 12.8 Å². The third kappa shape index (κ3) is 3.42. The highest BCUT2D eigenvalue weighted by Crippen LogP contribution is 2.21. The van der Waals surface area contributed by atoms with Crippen molar-refractivity contribution in [1.82, 2.24) is 10.2 Å². The minimum atomic E-state index is 0.0898. The molecule has 1 amide bonds. The van der Waals surface area contributed by atoms with E-state index in [2.05, 4.69) is 5.32 Å². The molecule has 2 N–H and O–H groups in total. The first-order chi connectivity index (χ1) is 8.31. The molecule has 2 aliphatic rings. The Morgan fingerprint density at radius 2 is 2.24 bits per heavy atom. The fraction of sp³-hybridized carbons (Fsp3) is 0.923. The Balaban J connectivity index is 1.72. The second-order valence-corrected chi connectivity index (χ2v) is 5.32. The average molecular weight is 240 g/mol. The average Bonchev–Trinajstić information content (AvgIpc) is 2.85. The van der Waals surface area contributed by atoms with E-state index in [9.17, 15) is 9.90 Å². The molecular formula is C13H24N2O2. The Kier molecular flexibility index (Phi) is 4.80. The van der Waals surface area contributed by atoms with Gasteiger partial charge in [0.25, 0.3) is 0 Å². The SMILES string of the molecule is O=C(CCC1CCCNC1)N1CCCC1CO. The maximum Gasteiger partial charge on any atom is 0.222 e. The van der Waals surface area contributed by atoms with Crippen molar-refractivity contribution in [3.8, 4) is 0 Å². The number of aliphatic hydroxyl groups excluding tert-OH is 1. The highest BCUT2D eigenvalue weighted by molar-refractivity contribution is 5.76. The van der Waals surface area contributed by atoms with Crippen molar-refractivity contribution in [3.05, 3.63) is 0 Å². The van der Waals surface area contributed by atoms with Gasteiger partial charge in [-0.25, -0.2) is 0 Å². The first-order valence-electron chi connectivity index (χ1n) is 6.92. The van der Waals surface area contributed by atoms with Gasteiger partial charge in [-0.1, -0.05) is 0 Å².